The van der Waals surface area contributed by atoms with Gasteiger partial charge in [0.1, 0.15) is 11.6 Å². The summed E-state index contributed by atoms with van der Waals surface area (Å²) < 4.78 is 26.7. The number of likely N-dealkylation sites (N-methyl/N-ethyl adjacent to an activating group) is 1. The lowest BCUT2D eigenvalue weighted by Crippen LogP contribution is -2.48. The minimum absolute atomic E-state index is 0.00968. The zero-order valence-electron chi connectivity index (χ0n) is 18.2. The van der Waals surface area contributed by atoms with Crippen molar-refractivity contribution in [1.29, 1.82) is 0 Å². The summed E-state index contributed by atoms with van der Waals surface area (Å²) >= 11 is 0. The van der Waals surface area contributed by atoms with Gasteiger partial charge in [0.2, 0.25) is 0 Å². The first-order valence-electron chi connectivity index (χ1n) is 11.0. The van der Waals surface area contributed by atoms with Gasteiger partial charge in [0, 0.05) is 30.9 Å². The van der Waals surface area contributed by atoms with Crippen LogP contribution in [-0.2, 0) is 0 Å². The first kappa shape index (κ1) is 21.4. The number of aliphatic hydroxyl groups is 1. The van der Waals surface area contributed by atoms with Crippen molar-refractivity contribution < 1.29 is 18.7 Å². The molecule has 2 amide bonds. The predicted octanol–water partition coefficient (Wildman–Crippen LogP) is 5.04. The molecule has 3 aromatic carbocycles. The summed E-state index contributed by atoms with van der Waals surface area (Å²) in [5.41, 5.74) is 4.32. The van der Waals surface area contributed by atoms with E-state index in [0.29, 0.717) is 12.2 Å². The maximum absolute atomic E-state index is 13.4. The van der Waals surface area contributed by atoms with E-state index in [-0.39, 0.29) is 42.3 Å². The van der Waals surface area contributed by atoms with E-state index in [9.17, 15) is 18.7 Å². The van der Waals surface area contributed by atoms with Crippen molar-refractivity contribution in [3.05, 3.63) is 83.9 Å². The number of anilines is 2. The monoisotopic (exact) mass is 449 g/mol. The highest BCUT2D eigenvalue weighted by molar-refractivity contribution is 5.90. The van der Waals surface area contributed by atoms with Gasteiger partial charge in [0.05, 0.1) is 18.7 Å². The predicted molar refractivity (Wildman–Crippen MR) is 124 cm³/mol. The quantitative estimate of drug-likeness (QED) is 0.589. The Labute approximate surface area is 191 Å². The number of fused-ring (bicyclic) bond motifs is 3. The van der Waals surface area contributed by atoms with Crippen molar-refractivity contribution in [2.75, 3.05) is 30.4 Å². The van der Waals surface area contributed by atoms with Gasteiger partial charge in [-0.2, -0.15) is 0 Å². The van der Waals surface area contributed by atoms with E-state index in [2.05, 4.69) is 16.3 Å². The summed E-state index contributed by atoms with van der Waals surface area (Å²) in [6.07, 6.45) is 0.761. The molecule has 0 bridgehead atoms. The van der Waals surface area contributed by atoms with E-state index in [0.717, 1.165) is 28.8 Å². The minimum atomic E-state index is -0.363. The van der Waals surface area contributed by atoms with Crippen molar-refractivity contribution in [3.63, 3.8) is 0 Å². The molecule has 0 unspecified atom stereocenters. The topological polar surface area (TPSA) is 55.8 Å². The van der Waals surface area contributed by atoms with Crippen LogP contribution >= 0.6 is 0 Å². The summed E-state index contributed by atoms with van der Waals surface area (Å²) in [7, 11) is 1.97. The lowest BCUT2D eigenvalue weighted by Gasteiger charge is -2.44. The van der Waals surface area contributed by atoms with Crippen LogP contribution in [0.1, 0.15) is 18.0 Å². The Morgan fingerprint density at radius 2 is 1.64 bits per heavy atom. The molecule has 3 aromatic rings. The lowest BCUT2D eigenvalue weighted by atomic mass is 9.81. The Kier molecular flexibility index (Phi) is 5.50. The van der Waals surface area contributed by atoms with Gasteiger partial charge in [-0.3, -0.25) is 0 Å². The van der Waals surface area contributed by atoms with Gasteiger partial charge < -0.3 is 20.2 Å². The van der Waals surface area contributed by atoms with Crippen LogP contribution in [0.15, 0.2) is 66.7 Å². The number of halogens is 2. The zero-order chi connectivity index (χ0) is 23.1. The second kappa shape index (κ2) is 8.48. The van der Waals surface area contributed by atoms with Crippen molar-refractivity contribution in [3.8, 4) is 11.1 Å². The van der Waals surface area contributed by atoms with Crippen LogP contribution in [0, 0.1) is 17.6 Å². The number of benzene rings is 3. The Bertz CT molecular complexity index is 1170. The van der Waals surface area contributed by atoms with Gasteiger partial charge in [-0.1, -0.05) is 18.2 Å². The van der Waals surface area contributed by atoms with Crippen LogP contribution in [-0.4, -0.2) is 42.3 Å². The molecule has 2 aliphatic heterocycles. The Balaban J connectivity index is 1.52. The number of nitrogens with one attached hydrogen (secondary N) is 1. The average Bonchev–Trinajstić information content (AvgIpc) is 3.26. The number of carbonyl (C=O) groups is 1. The van der Waals surface area contributed by atoms with Crippen LogP contribution < -0.4 is 10.2 Å². The largest absolute Gasteiger partial charge is 0.394 e. The highest BCUT2D eigenvalue weighted by atomic mass is 19.1. The van der Waals surface area contributed by atoms with E-state index >= 15 is 0 Å². The number of amides is 2. The Hall–Kier alpha value is -3.45. The number of likely N-dealkylation sites (tertiary alicyclic amines) is 1. The van der Waals surface area contributed by atoms with Crippen LogP contribution in [0.3, 0.4) is 0 Å². The highest BCUT2D eigenvalue weighted by Crippen LogP contribution is 2.49. The molecule has 1 saturated heterocycles. The van der Waals surface area contributed by atoms with Gasteiger partial charge >= 0.3 is 6.03 Å². The fourth-order valence-corrected chi connectivity index (χ4v) is 5.23. The van der Waals surface area contributed by atoms with Gasteiger partial charge in [0.15, 0.2) is 0 Å². The number of nitrogens with zero attached hydrogens (tertiary/aromatic N) is 2. The third-order valence-electron chi connectivity index (χ3n) is 6.88. The van der Waals surface area contributed by atoms with E-state index in [1.165, 1.54) is 36.4 Å². The molecule has 2 aliphatic rings. The molecule has 2 heterocycles. The molecular weight excluding hydrogens is 424 g/mol. The zero-order valence-corrected chi connectivity index (χ0v) is 18.2. The Morgan fingerprint density at radius 3 is 2.30 bits per heavy atom. The molecule has 0 spiro atoms. The molecule has 33 heavy (non-hydrogen) atoms. The van der Waals surface area contributed by atoms with Crippen LogP contribution in [0.2, 0.25) is 0 Å². The number of hydrogen-bond acceptors (Lipinski definition) is 3. The molecule has 2 N–H and O–H groups in total. The summed E-state index contributed by atoms with van der Waals surface area (Å²) in [5, 5.41) is 13.0. The lowest BCUT2D eigenvalue weighted by molar-refractivity contribution is 0.168. The normalized spacial score (nSPS) is 21.5. The van der Waals surface area contributed by atoms with Gasteiger partial charge in [-0.25, -0.2) is 13.6 Å². The van der Waals surface area contributed by atoms with E-state index in [1.54, 1.807) is 17.0 Å². The molecule has 5 rings (SSSR count). The third kappa shape index (κ3) is 3.82. The number of urea groups is 1. The van der Waals surface area contributed by atoms with Gasteiger partial charge in [-0.15, -0.1) is 0 Å². The van der Waals surface area contributed by atoms with Crippen molar-refractivity contribution >= 4 is 17.4 Å². The summed E-state index contributed by atoms with van der Waals surface area (Å²) in [5.74, 6) is -0.589. The van der Waals surface area contributed by atoms with E-state index in [4.69, 9.17) is 0 Å². The second-order valence-corrected chi connectivity index (χ2v) is 8.67. The standard InChI is InChI=1S/C26H25F2N3O2/c1-30-23-11-4-17(16-2-5-18(27)6-3-16)14-22(23)25-21(24(30)15-32)12-13-31(25)26(33)29-20-9-7-19(28)8-10-20/h2-11,14,21,24-25,32H,12-13,15H2,1H3,(H,29,33)/t21-,24+,25-/m0/s1. The second-order valence-electron chi connectivity index (χ2n) is 8.67. The third-order valence-corrected chi connectivity index (χ3v) is 6.88. The number of carbonyl (C=O) groups excluding carboxylic acids is 1. The number of hydrogen-bond donors (Lipinski definition) is 2. The van der Waals surface area contributed by atoms with Crippen molar-refractivity contribution in [1.82, 2.24) is 4.90 Å². The van der Waals surface area contributed by atoms with Crippen LogP contribution in [0.25, 0.3) is 11.1 Å². The number of rotatable bonds is 3. The molecular formula is C26H25F2N3O2. The molecule has 1 fully saturated rings. The minimum Gasteiger partial charge on any atom is -0.394 e. The average molecular weight is 450 g/mol. The van der Waals surface area contributed by atoms with Crippen molar-refractivity contribution in [2.45, 2.75) is 18.5 Å². The first-order valence-corrected chi connectivity index (χ1v) is 11.0. The first-order chi connectivity index (χ1) is 16.0. The molecule has 3 atom stereocenters. The van der Waals surface area contributed by atoms with E-state index < -0.39 is 0 Å². The molecule has 0 aromatic heterocycles. The molecule has 0 saturated carbocycles. The molecule has 0 radical (unpaired) electrons. The smallest absolute Gasteiger partial charge is 0.322 e. The fraction of sp³-hybridized carbons (Fsp3) is 0.269. The van der Waals surface area contributed by atoms with Crippen molar-refractivity contribution in [2.24, 2.45) is 5.92 Å². The fourth-order valence-electron chi connectivity index (χ4n) is 5.23. The SMILES string of the molecule is CN1c2ccc(-c3ccc(F)cc3)cc2[C@@H]2[C@@H](CCN2C(=O)Nc2ccc(F)cc2)[C@H]1CO. The number of aliphatic hydroxyl groups excluding tert-OH is 1. The maximum atomic E-state index is 13.4. The van der Waals surface area contributed by atoms with E-state index in [1.807, 2.05) is 19.2 Å². The summed E-state index contributed by atoms with van der Waals surface area (Å²) in [4.78, 5) is 17.1. The highest BCUT2D eigenvalue weighted by Gasteiger charge is 2.47. The van der Waals surface area contributed by atoms with Gasteiger partial charge in [-0.05, 0) is 71.6 Å². The molecule has 0 aliphatic carbocycles. The Morgan fingerprint density at radius 1 is 1.00 bits per heavy atom. The summed E-state index contributed by atoms with van der Waals surface area (Å²) in [6, 6.07) is 17.5. The molecule has 7 heteroatoms. The summed E-state index contributed by atoms with van der Waals surface area (Å²) in [6.45, 7) is 0.539. The maximum Gasteiger partial charge on any atom is 0.322 e. The molecule has 5 nitrogen and oxygen atoms in total. The molecule has 170 valence electrons. The van der Waals surface area contributed by atoms with Gasteiger partial charge in [0.25, 0.3) is 0 Å². The van der Waals surface area contributed by atoms with Crippen LogP contribution in [0.5, 0.6) is 0 Å². The van der Waals surface area contributed by atoms with Crippen LogP contribution in [0.4, 0.5) is 25.0 Å².